The number of halogens is 1. The van der Waals surface area contributed by atoms with E-state index in [4.69, 9.17) is 0 Å². The Bertz CT molecular complexity index is 40.1. The smallest absolute Gasteiger partial charge is 0.211 e. The molecule has 2 nitrogen and oxygen atoms in total. The summed E-state index contributed by atoms with van der Waals surface area (Å²) in [6.07, 6.45) is 1.88. The first-order chi connectivity index (χ1) is 2.41. The van der Waals surface area contributed by atoms with Crippen LogP contribution in [0, 0.1) is 0 Å². The van der Waals surface area contributed by atoms with Gasteiger partial charge < -0.3 is 5.32 Å². The predicted molar refractivity (Wildman–Crippen MR) is 26.6 cm³/mol. The van der Waals surface area contributed by atoms with Crippen molar-refractivity contribution >= 4 is 18.8 Å². The minimum atomic E-state index is 0. The molecule has 0 aromatic carbocycles. The molecule has 0 radical (unpaired) electrons. The van der Waals surface area contributed by atoms with Crippen LogP contribution in [0.25, 0.3) is 0 Å². The van der Waals surface area contributed by atoms with Gasteiger partial charge in [0.25, 0.3) is 0 Å². The lowest BCUT2D eigenvalue weighted by atomic mass is 11.0. The largest absolute Gasteiger partial charge is 0.336 e. The number of carbonyl (C=O) groups is 1. The van der Waals surface area contributed by atoms with Crippen LogP contribution in [0.15, 0.2) is 12.8 Å². The van der Waals surface area contributed by atoms with Gasteiger partial charge in [-0.1, -0.05) is 6.58 Å². The third-order valence-corrected chi connectivity index (χ3v) is 0.186. The lowest BCUT2D eigenvalue weighted by Crippen LogP contribution is -1.96. The van der Waals surface area contributed by atoms with Crippen molar-refractivity contribution in [2.24, 2.45) is 0 Å². The summed E-state index contributed by atoms with van der Waals surface area (Å²) in [5.74, 6) is 0. The molecule has 0 aromatic rings. The molecule has 0 saturated heterocycles. The Labute approximate surface area is 42.6 Å². The molecule has 3 heteroatoms. The SMILES string of the molecule is C=CNC=O.Cl. The van der Waals surface area contributed by atoms with Crippen LogP contribution < -0.4 is 5.32 Å². The summed E-state index contributed by atoms with van der Waals surface area (Å²) in [7, 11) is 0. The molecule has 0 aliphatic rings. The van der Waals surface area contributed by atoms with Gasteiger partial charge in [0.2, 0.25) is 6.41 Å². The van der Waals surface area contributed by atoms with Crippen LogP contribution >= 0.6 is 12.4 Å². The summed E-state index contributed by atoms with van der Waals surface area (Å²) in [6, 6.07) is 0. The van der Waals surface area contributed by atoms with Crippen molar-refractivity contribution in [3.63, 3.8) is 0 Å². The second-order valence-electron chi connectivity index (χ2n) is 0.489. The monoisotopic (exact) mass is 107 g/mol. The van der Waals surface area contributed by atoms with Gasteiger partial charge in [0.1, 0.15) is 0 Å². The van der Waals surface area contributed by atoms with Crippen molar-refractivity contribution in [3.8, 4) is 0 Å². The Balaban J connectivity index is 0. The zero-order valence-electron chi connectivity index (χ0n) is 3.18. The highest BCUT2D eigenvalue weighted by Gasteiger charge is 1.50. The molecule has 0 fully saturated rings. The first-order valence-electron chi connectivity index (χ1n) is 1.22. The van der Waals surface area contributed by atoms with E-state index in [-0.39, 0.29) is 12.4 Å². The second-order valence-corrected chi connectivity index (χ2v) is 0.489. The molecular weight excluding hydrogens is 101 g/mol. The average molecular weight is 108 g/mol. The highest BCUT2D eigenvalue weighted by molar-refractivity contribution is 5.85. The van der Waals surface area contributed by atoms with E-state index in [2.05, 4.69) is 11.9 Å². The fourth-order valence-electron chi connectivity index (χ4n) is 0.0481. The summed E-state index contributed by atoms with van der Waals surface area (Å²) >= 11 is 0. The van der Waals surface area contributed by atoms with Gasteiger partial charge in [-0.05, 0) is 6.20 Å². The predicted octanol–water partition coefficient (Wildman–Crippen LogP) is 0.298. The molecule has 0 bridgehead atoms. The molecule has 0 spiro atoms. The van der Waals surface area contributed by atoms with Crippen LogP contribution in [0.5, 0.6) is 0 Å². The summed E-state index contributed by atoms with van der Waals surface area (Å²) in [4.78, 5) is 9.22. The zero-order valence-corrected chi connectivity index (χ0v) is 3.99. The summed E-state index contributed by atoms with van der Waals surface area (Å²) in [5.41, 5.74) is 0. The van der Waals surface area contributed by atoms with Gasteiger partial charge in [0.15, 0.2) is 0 Å². The third-order valence-electron chi connectivity index (χ3n) is 0.186. The molecule has 0 atom stereocenters. The maximum Gasteiger partial charge on any atom is 0.211 e. The fraction of sp³-hybridized carbons (Fsp3) is 0. The lowest BCUT2D eigenvalue weighted by Gasteiger charge is -1.70. The lowest BCUT2D eigenvalue weighted by molar-refractivity contribution is -0.108. The Hall–Kier alpha value is -0.500. The van der Waals surface area contributed by atoms with Gasteiger partial charge in [-0.25, -0.2) is 0 Å². The molecule has 0 aliphatic heterocycles. The number of hydrogen-bond acceptors (Lipinski definition) is 1. The maximum absolute atomic E-state index is 9.22. The second kappa shape index (κ2) is 8.82. The van der Waals surface area contributed by atoms with E-state index < -0.39 is 0 Å². The highest BCUT2D eigenvalue weighted by atomic mass is 35.5. The van der Waals surface area contributed by atoms with Gasteiger partial charge in [0, 0.05) is 0 Å². The third kappa shape index (κ3) is 9.72. The van der Waals surface area contributed by atoms with E-state index in [1.807, 2.05) is 0 Å². The molecule has 0 unspecified atom stereocenters. The van der Waals surface area contributed by atoms with Crippen LogP contribution in [0.4, 0.5) is 0 Å². The van der Waals surface area contributed by atoms with Gasteiger partial charge in [-0.2, -0.15) is 0 Å². The number of rotatable bonds is 2. The van der Waals surface area contributed by atoms with Crippen LogP contribution in [0.3, 0.4) is 0 Å². The number of nitrogens with one attached hydrogen (secondary N) is 1. The van der Waals surface area contributed by atoms with Crippen LogP contribution in [-0.2, 0) is 4.79 Å². The van der Waals surface area contributed by atoms with E-state index >= 15 is 0 Å². The van der Waals surface area contributed by atoms with Crippen LogP contribution in [0.2, 0.25) is 0 Å². The fourth-order valence-corrected chi connectivity index (χ4v) is 0.0481. The normalized spacial score (nSPS) is 4.67. The Morgan fingerprint density at radius 2 is 2.17 bits per heavy atom. The molecule has 1 N–H and O–H groups in total. The summed E-state index contributed by atoms with van der Waals surface area (Å²) in [6.45, 7) is 3.21. The van der Waals surface area contributed by atoms with E-state index in [9.17, 15) is 4.79 Å². The average Bonchev–Trinajstić information content (AvgIpc) is 1.41. The Morgan fingerprint density at radius 3 is 2.17 bits per heavy atom. The zero-order chi connectivity index (χ0) is 4.12. The summed E-state index contributed by atoms with van der Waals surface area (Å²) in [5, 5.41) is 2.19. The van der Waals surface area contributed by atoms with Crippen LogP contribution in [0.1, 0.15) is 0 Å². The molecule has 1 amide bonds. The molecule has 0 heterocycles. The number of hydrogen-bond donors (Lipinski definition) is 1. The molecular formula is C3H6ClNO. The van der Waals surface area contributed by atoms with E-state index in [0.717, 1.165) is 0 Å². The van der Waals surface area contributed by atoms with Gasteiger partial charge in [-0.3, -0.25) is 4.79 Å². The molecule has 0 aromatic heterocycles. The quantitative estimate of drug-likeness (QED) is 0.505. The van der Waals surface area contributed by atoms with Gasteiger partial charge in [-0.15, -0.1) is 12.4 Å². The molecule has 6 heavy (non-hydrogen) atoms. The maximum atomic E-state index is 9.22. The van der Waals surface area contributed by atoms with Crippen molar-refractivity contribution < 1.29 is 4.79 Å². The highest BCUT2D eigenvalue weighted by Crippen LogP contribution is 1.35. The van der Waals surface area contributed by atoms with E-state index in [1.165, 1.54) is 6.20 Å². The van der Waals surface area contributed by atoms with E-state index in [1.54, 1.807) is 0 Å². The van der Waals surface area contributed by atoms with Gasteiger partial charge >= 0.3 is 0 Å². The van der Waals surface area contributed by atoms with Crippen molar-refractivity contribution in [1.82, 2.24) is 5.32 Å². The Morgan fingerprint density at radius 1 is 1.67 bits per heavy atom. The first-order valence-corrected chi connectivity index (χ1v) is 1.22. The number of carbonyl (C=O) groups excluding carboxylic acids is 1. The van der Waals surface area contributed by atoms with E-state index in [0.29, 0.717) is 6.41 Å². The van der Waals surface area contributed by atoms with Gasteiger partial charge in [0.05, 0.1) is 0 Å². The number of amides is 1. The standard InChI is InChI=1S/C3H5NO.ClH/c1-2-4-3-5;/h2-3H,1H2,(H,4,5);1H. The minimum absolute atomic E-state index is 0. The summed E-state index contributed by atoms with van der Waals surface area (Å²) < 4.78 is 0. The van der Waals surface area contributed by atoms with Crippen LogP contribution in [-0.4, -0.2) is 6.41 Å². The Kier molecular flexibility index (Phi) is 13.4. The topological polar surface area (TPSA) is 29.1 Å². The molecule has 36 valence electrons. The van der Waals surface area contributed by atoms with Crippen molar-refractivity contribution in [2.45, 2.75) is 0 Å². The molecule has 0 rings (SSSR count). The van der Waals surface area contributed by atoms with Crippen molar-refractivity contribution in [1.29, 1.82) is 0 Å². The molecule has 0 saturated carbocycles. The molecule has 0 aliphatic carbocycles. The van der Waals surface area contributed by atoms with Crippen molar-refractivity contribution in [3.05, 3.63) is 12.8 Å². The first kappa shape index (κ1) is 9.09. The van der Waals surface area contributed by atoms with Crippen molar-refractivity contribution in [2.75, 3.05) is 0 Å². The minimum Gasteiger partial charge on any atom is -0.336 e.